The fourth-order valence-corrected chi connectivity index (χ4v) is 1.91. The van der Waals surface area contributed by atoms with E-state index in [9.17, 15) is 0 Å². The third-order valence-corrected chi connectivity index (χ3v) is 2.68. The van der Waals surface area contributed by atoms with Crippen LogP contribution in [0.1, 0.15) is 13.8 Å². The highest BCUT2D eigenvalue weighted by Crippen LogP contribution is 2.08. The third kappa shape index (κ3) is 2.19. The van der Waals surface area contributed by atoms with Crippen LogP contribution < -0.4 is 10.6 Å². The SMILES string of the molecule is CCN[C@H]1CN(CC)C[C@H]1NC. The normalized spacial score (nSPS) is 31.2. The molecular weight excluding hydrogens is 150 g/mol. The van der Waals surface area contributed by atoms with E-state index in [1.165, 1.54) is 19.6 Å². The molecule has 0 unspecified atom stereocenters. The summed E-state index contributed by atoms with van der Waals surface area (Å²) in [5.41, 5.74) is 0. The molecule has 0 aromatic rings. The molecule has 1 heterocycles. The molecule has 3 nitrogen and oxygen atoms in total. The summed E-state index contributed by atoms with van der Waals surface area (Å²) in [6, 6.07) is 1.27. The van der Waals surface area contributed by atoms with Gasteiger partial charge in [0.25, 0.3) is 0 Å². The summed E-state index contributed by atoms with van der Waals surface area (Å²) in [5, 5.41) is 6.86. The summed E-state index contributed by atoms with van der Waals surface area (Å²) < 4.78 is 0. The van der Waals surface area contributed by atoms with Crippen LogP contribution in [0, 0.1) is 0 Å². The Morgan fingerprint density at radius 2 is 1.92 bits per heavy atom. The van der Waals surface area contributed by atoms with Gasteiger partial charge in [-0.3, -0.25) is 0 Å². The summed E-state index contributed by atoms with van der Waals surface area (Å²) in [5.74, 6) is 0. The van der Waals surface area contributed by atoms with E-state index in [0.29, 0.717) is 12.1 Å². The number of likely N-dealkylation sites (N-methyl/N-ethyl adjacent to an activating group) is 3. The van der Waals surface area contributed by atoms with E-state index in [-0.39, 0.29) is 0 Å². The van der Waals surface area contributed by atoms with Gasteiger partial charge in [0.2, 0.25) is 0 Å². The number of nitrogens with one attached hydrogen (secondary N) is 2. The molecule has 0 aliphatic carbocycles. The van der Waals surface area contributed by atoms with Crippen molar-refractivity contribution in [2.75, 3.05) is 33.2 Å². The summed E-state index contributed by atoms with van der Waals surface area (Å²) in [7, 11) is 2.05. The largest absolute Gasteiger partial charge is 0.314 e. The van der Waals surface area contributed by atoms with Gasteiger partial charge >= 0.3 is 0 Å². The van der Waals surface area contributed by atoms with Gasteiger partial charge < -0.3 is 15.5 Å². The van der Waals surface area contributed by atoms with Gasteiger partial charge in [-0.15, -0.1) is 0 Å². The zero-order valence-electron chi connectivity index (χ0n) is 8.43. The second-order valence-electron chi connectivity index (χ2n) is 3.41. The van der Waals surface area contributed by atoms with Crippen molar-refractivity contribution in [3.05, 3.63) is 0 Å². The smallest absolute Gasteiger partial charge is 0.0361 e. The molecule has 0 saturated carbocycles. The van der Waals surface area contributed by atoms with Crippen LogP contribution in [0.4, 0.5) is 0 Å². The molecule has 0 amide bonds. The lowest BCUT2D eigenvalue weighted by Crippen LogP contribution is -2.45. The molecule has 2 N–H and O–H groups in total. The Labute approximate surface area is 75.5 Å². The van der Waals surface area contributed by atoms with Crippen LogP contribution in [0.3, 0.4) is 0 Å². The van der Waals surface area contributed by atoms with Gasteiger partial charge in [0, 0.05) is 25.2 Å². The molecule has 12 heavy (non-hydrogen) atoms. The molecule has 72 valence electrons. The highest BCUT2D eigenvalue weighted by Gasteiger charge is 2.29. The minimum Gasteiger partial charge on any atom is -0.314 e. The minimum absolute atomic E-state index is 0.630. The highest BCUT2D eigenvalue weighted by atomic mass is 15.2. The van der Waals surface area contributed by atoms with E-state index < -0.39 is 0 Å². The zero-order valence-corrected chi connectivity index (χ0v) is 8.43. The van der Waals surface area contributed by atoms with Gasteiger partial charge in [0.15, 0.2) is 0 Å². The lowest BCUT2D eigenvalue weighted by atomic mass is 10.2. The van der Waals surface area contributed by atoms with Crippen LogP contribution in [0.5, 0.6) is 0 Å². The average molecular weight is 171 g/mol. The van der Waals surface area contributed by atoms with Crippen LogP contribution in [0.25, 0.3) is 0 Å². The molecule has 1 aliphatic rings. The van der Waals surface area contributed by atoms with Crippen molar-refractivity contribution >= 4 is 0 Å². The standard InChI is InChI=1S/C9H21N3/c1-4-11-9-7-12(5-2)6-8(9)10-3/h8-11H,4-7H2,1-3H3/t8-,9+/m1/s1. The number of likely N-dealkylation sites (tertiary alicyclic amines) is 1. The van der Waals surface area contributed by atoms with Crippen molar-refractivity contribution in [2.45, 2.75) is 25.9 Å². The van der Waals surface area contributed by atoms with Gasteiger partial charge in [-0.1, -0.05) is 13.8 Å². The molecule has 0 aromatic heterocycles. The summed E-state index contributed by atoms with van der Waals surface area (Å²) in [4.78, 5) is 2.48. The molecule has 1 saturated heterocycles. The fourth-order valence-electron chi connectivity index (χ4n) is 1.91. The summed E-state index contributed by atoms with van der Waals surface area (Å²) in [6.45, 7) is 9.00. The quantitative estimate of drug-likeness (QED) is 0.618. The van der Waals surface area contributed by atoms with Crippen molar-refractivity contribution < 1.29 is 0 Å². The first-order valence-electron chi connectivity index (χ1n) is 4.94. The maximum absolute atomic E-state index is 3.51. The number of hydrogen-bond acceptors (Lipinski definition) is 3. The van der Waals surface area contributed by atoms with Crippen molar-refractivity contribution in [3.63, 3.8) is 0 Å². The molecule has 0 bridgehead atoms. The molecule has 1 fully saturated rings. The van der Waals surface area contributed by atoms with E-state index in [1.54, 1.807) is 0 Å². The van der Waals surface area contributed by atoms with Crippen LogP contribution >= 0.6 is 0 Å². The Balaban J connectivity index is 2.39. The highest BCUT2D eigenvalue weighted by molar-refractivity contribution is 4.92. The summed E-state index contributed by atoms with van der Waals surface area (Å²) in [6.07, 6.45) is 0. The van der Waals surface area contributed by atoms with Gasteiger partial charge in [-0.2, -0.15) is 0 Å². The Bertz CT molecular complexity index is 127. The van der Waals surface area contributed by atoms with Gasteiger partial charge in [-0.05, 0) is 20.1 Å². The third-order valence-electron chi connectivity index (χ3n) is 2.68. The van der Waals surface area contributed by atoms with E-state index in [2.05, 4.69) is 29.4 Å². The number of rotatable bonds is 4. The Morgan fingerprint density at radius 1 is 1.25 bits per heavy atom. The molecule has 3 heteroatoms. The number of hydrogen-bond donors (Lipinski definition) is 2. The topological polar surface area (TPSA) is 27.3 Å². The second-order valence-corrected chi connectivity index (χ2v) is 3.41. The Kier molecular flexibility index (Phi) is 3.98. The predicted molar refractivity (Wildman–Crippen MR) is 52.4 cm³/mol. The van der Waals surface area contributed by atoms with E-state index in [1.807, 2.05) is 7.05 Å². The number of nitrogens with zero attached hydrogens (tertiary/aromatic N) is 1. The van der Waals surface area contributed by atoms with Crippen LogP contribution in [-0.4, -0.2) is 50.2 Å². The second kappa shape index (κ2) is 4.80. The predicted octanol–water partition coefficient (Wildman–Crippen LogP) is -0.112. The van der Waals surface area contributed by atoms with E-state index in [0.717, 1.165) is 6.54 Å². The monoisotopic (exact) mass is 171 g/mol. The molecular formula is C9H21N3. The lowest BCUT2D eigenvalue weighted by Gasteiger charge is -2.17. The Hall–Kier alpha value is -0.120. The van der Waals surface area contributed by atoms with E-state index in [4.69, 9.17) is 0 Å². The molecule has 0 aromatic carbocycles. The zero-order chi connectivity index (χ0) is 8.97. The molecule has 0 spiro atoms. The summed E-state index contributed by atoms with van der Waals surface area (Å²) >= 11 is 0. The van der Waals surface area contributed by atoms with Crippen molar-refractivity contribution in [1.82, 2.24) is 15.5 Å². The average Bonchev–Trinajstić information content (AvgIpc) is 2.48. The van der Waals surface area contributed by atoms with Crippen molar-refractivity contribution in [2.24, 2.45) is 0 Å². The van der Waals surface area contributed by atoms with E-state index >= 15 is 0 Å². The van der Waals surface area contributed by atoms with Gasteiger partial charge in [-0.25, -0.2) is 0 Å². The van der Waals surface area contributed by atoms with Crippen LogP contribution in [0.2, 0.25) is 0 Å². The van der Waals surface area contributed by atoms with Crippen molar-refractivity contribution in [3.8, 4) is 0 Å². The fraction of sp³-hybridized carbons (Fsp3) is 1.00. The van der Waals surface area contributed by atoms with Crippen LogP contribution in [-0.2, 0) is 0 Å². The first-order chi connectivity index (χ1) is 5.81. The molecule has 0 radical (unpaired) electrons. The lowest BCUT2D eigenvalue weighted by molar-refractivity contribution is 0.343. The first-order valence-corrected chi connectivity index (χ1v) is 4.94. The van der Waals surface area contributed by atoms with Crippen molar-refractivity contribution in [1.29, 1.82) is 0 Å². The first kappa shape index (κ1) is 9.96. The molecule has 2 atom stereocenters. The van der Waals surface area contributed by atoms with Gasteiger partial charge in [0.1, 0.15) is 0 Å². The molecule has 1 aliphatic heterocycles. The maximum atomic E-state index is 3.51. The van der Waals surface area contributed by atoms with Crippen LogP contribution in [0.15, 0.2) is 0 Å². The maximum Gasteiger partial charge on any atom is 0.0361 e. The molecule has 1 rings (SSSR count). The van der Waals surface area contributed by atoms with Gasteiger partial charge in [0.05, 0.1) is 0 Å². The minimum atomic E-state index is 0.630. The Morgan fingerprint density at radius 3 is 2.42 bits per heavy atom.